The first-order valence-electron chi connectivity index (χ1n) is 7.18. The molecule has 0 heterocycles. The minimum atomic E-state index is 0. The Hall–Kier alpha value is 0.613. The molecular weight excluding hydrogens is 335 g/mol. The number of aliphatic hydroxyl groups is 1. The van der Waals surface area contributed by atoms with Crippen LogP contribution in [0.3, 0.4) is 0 Å². The summed E-state index contributed by atoms with van der Waals surface area (Å²) in [6.07, 6.45) is 23.9. The normalized spacial score (nSPS) is 20.3. The van der Waals surface area contributed by atoms with E-state index in [2.05, 4.69) is 24.3 Å². The molecule has 1 fully saturated rings. The molecule has 0 saturated heterocycles. The van der Waals surface area contributed by atoms with E-state index in [0.29, 0.717) is 0 Å². The number of rotatable bonds is 0. The Labute approximate surface area is 144 Å². The number of halogens is 1. The van der Waals surface area contributed by atoms with Crippen LogP contribution in [0.25, 0.3) is 0 Å². The Morgan fingerprint density at radius 1 is 0.789 bits per heavy atom. The molecule has 0 aliphatic heterocycles. The maximum absolute atomic E-state index is 8.91. The summed E-state index contributed by atoms with van der Waals surface area (Å²) in [5, 5.41) is 8.91. The second-order valence-electron chi connectivity index (χ2n) is 4.89. The summed E-state index contributed by atoms with van der Waals surface area (Å²) in [6, 6.07) is 0. The minimum Gasteiger partial charge on any atom is -1.00 e. The van der Waals surface area contributed by atoms with E-state index < -0.39 is 0 Å². The minimum absolute atomic E-state index is 0. The molecule has 0 unspecified atom stereocenters. The standard InChI is InChI=1S/C6H12O.2C5H7.ClH.Zr/c7-6-4-2-1-3-5-6;2*1-2-4-5-3-1;;/h6-7H,1-5H2;2*1H,2,4-5H2;1H;/q;2*-1;;+3/p-1. The van der Waals surface area contributed by atoms with Crippen LogP contribution in [0.2, 0.25) is 0 Å². The maximum atomic E-state index is 8.91. The van der Waals surface area contributed by atoms with E-state index in [-0.39, 0.29) is 44.7 Å². The molecule has 1 radical (unpaired) electrons. The Bertz CT molecular complexity index is 195. The van der Waals surface area contributed by atoms with Gasteiger partial charge in [0.05, 0.1) is 6.10 Å². The molecule has 0 aromatic heterocycles. The van der Waals surface area contributed by atoms with Crippen LogP contribution in [0.5, 0.6) is 0 Å². The van der Waals surface area contributed by atoms with Crippen molar-refractivity contribution in [3.05, 3.63) is 24.3 Å². The SMILES string of the molecule is OC1CCCCC1.[C-]1=CCCC1.[C-]1=CCCC1.[Cl-].[Zr+3]. The summed E-state index contributed by atoms with van der Waals surface area (Å²) < 4.78 is 0. The van der Waals surface area contributed by atoms with Crippen molar-refractivity contribution in [2.75, 3.05) is 0 Å². The zero-order valence-electron chi connectivity index (χ0n) is 11.8. The quantitative estimate of drug-likeness (QED) is 0.647. The summed E-state index contributed by atoms with van der Waals surface area (Å²) in [6.45, 7) is 0. The third-order valence-corrected chi connectivity index (χ3v) is 3.20. The van der Waals surface area contributed by atoms with Gasteiger partial charge in [-0.05, 0) is 12.8 Å². The molecule has 1 saturated carbocycles. The fraction of sp³-hybridized carbons (Fsp3) is 0.750. The monoisotopic (exact) mass is 359 g/mol. The molecule has 0 aromatic carbocycles. The van der Waals surface area contributed by atoms with Crippen molar-refractivity contribution in [1.82, 2.24) is 0 Å². The Balaban J connectivity index is 0. The van der Waals surface area contributed by atoms with Gasteiger partial charge in [-0.25, -0.2) is 0 Å². The summed E-state index contributed by atoms with van der Waals surface area (Å²) in [7, 11) is 0. The zero-order chi connectivity index (χ0) is 12.2. The Morgan fingerprint density at radius 2 is 1.26 bits per heavy atom. The van der Waals surface area contributed by atoms with Crippen LogP contribution in [0.4, 0.5) is 0 Å². The topological polar surface area (TPSA) is 20.2 Å². The van der Waals surface area contributed by atoms with Crippen LogP contribution >= 0.6 is 0 Å². The summed E-state index contributed by atoms with van der Waals surface area (Å²) >= 11 is 0. The van der Waals surface area contributed by atoms with Gasteiger partial charge in [0.2, 0.25) is 0 Å². The van der Waals surface area contributed by atoms with E-state index in [0.717, 1.165) is 12.8 Å². The van der Waals surface area contributed by atoms with Crippen LogP contribution < -0.4 is 12.4 Å². The average Bonchev–Trinajstić information content (AvgIpc) is 3.09. The van der Waals surface area contributed by atoms with Gasteiger partial charge in [0, 0.05) is 0 Å². The fourth-order valence-corrected chi connectivity index (χ4v) is 2.10. The molecule has 3 aliphatic carbocycles. The van der Waals surface area contributed by atoms with Crippen LogP contribution in [-0.4, -0.2) is 11.2 Å². The van der Waals surface area contributed by atoms with Gasteiger partial charge in [-0.1, -0.05) is 44.9 Å². The molecule has 3 heteroatoms. The van der Waals surface area contributed by atoms with Crippen molar-refractivity contribution < 1.29 is 43.7 Å². The van der Waals surface area contributed by atoms with Gasteiger partial charge in [-0.3, -0.25) is 12.2 Å². The molecule has 0 aromatic rings. The molecular formula is C16H26ClOZr. The van der Waals surface area contributed by atoms with Crippen molar-refractivity contribution in [2.45, 2.75) is 76.7 Å². The number of allylic oxidation sites excluding steroid dienone is 4. The maximum Gasteiger partial charge on any atom is 3.00 e. The van der Waals surface area contributed by atoms with E-state index in [9.17, 15) is 0 Å². The first kappa shape index (κ1) is 21.9. The Morgan fingerprint density at radius 3 is 1.42 bits per heavy atom. The van der Waals surface area contributed by atoms with E-state index in [1.165, 1.54) is 57.8 Å². The smallest absolute Gasteiger partial charge is 1.00 e. The molecule has 107 valence electrons. The predicted molar refractivity (Wildman–Crippen MR) is 72.4 cm³/mol. The van der Waals surface area contributed by atoms with Crippen molar-refractivity contribution >= 4 is 0 Å². The van der Waals surface area contributed by atoms with Crippen LogP contribution in [-0.2, 0) is 26.2 Å². The van der Waals surface area contributed by atoms with E-state index >= 15 is 0 Å². The molecule has 1 nitrogen and oxygen atoms in total. The molecule has 19 heavy (non-hydrogen) atoms. The Kier molecular flexibility index (Phi) is 19.2. The molecule has 1 N–H and O–H groups in total. The molecule has 0 atom stereocenters. The molecule has 3 rings (SSSR count). The van der Waals surface area contributed by atoms with Gasteiger partial charge in [0.1, 0.15) is 0 Å². The largest absolute Gasteiger partial charge is 3.00 e. The van der Waals surface area contributed by atoms with Crippen LogP contribution in [0, 0.1) is 12.2 Å². The van der Waals surface area contributed by atoms with Crippen molar-refractivity contribution in [3.8, 4) is 0 Å². The zero-order valence-corrected chi connectivity index (χ0v) is 15.0. The van der Waals surface area contributed by atoms with Crippen molar-refractivity contribution in [2.24, 2.45) is 0 Å². The van der Waals surface area contributed by atoms with Gasteiger partial charge in [0.15, 0.2) is 0 Å². The fourth-order valence-electron chi connectivity index (χ4n) is 2.10. The summed E-state index contributed by atoms with van der Waals surface area (Å²) in [5.41, 5.74) is 0. The number of hydrogen-bond acceptors (Lipinski definition) is 1. The molecule has 0 bridgehead atoms. The van der Waals surface area contributed by atoms with Gasteiger partial charge >= 0.3 is 26.2 Å². The van der Waals surface area contributed by atoms with E-state index in [4.69, 9.17) is 5.11 Å². The number of hydrogen-bond donors (Lipinski definition) is 1. The first-order valence-corrected chi connectivity index (χ1v) is 7.18. The predicted octanol–water partition coefficient (Wildman–Crippen LogP) is 1.37. The molecule has 0 amide bonds. The molecule has 0 spiro atoms. The summed E-state index contributed by atoms with van der Waals surface area (Å²) in [4.78, 5) is 0. The van der Waals surface area contributed by atoms with Gasteiger partial charge < -0.3 is 29.7 Å². The third-order valence-electron chi connectivity index (χ3n) is 3.20. The summed E-state index contributed by atoms with van der Waals surface area (Å²) in [5.74, 6) is 0. The first-order chi connectivity index (χ1) is 8.39. The van der Waals surface area contributed by atoms with Gasteiger partial charge in [-0.2, -0.15) is 12.8 Å². The van der Waals surface area contributed by atoms with Crippen LogP contribution in [0.1, 0.15) is 70.6 Å². The van der Waals surface area contributed by atoms with Crippen LogP contribution in [0.15, 0.2) is 12.2 Å². The van der Waals surface area contributed by atoms with Gasteiger partial charge in [0.25, 0.3) is 0 Å². The second kappa shape index (κ2) is 16.7. The number of aliphatic hydroxyl groups excluding tert-OH is 1. The molecule has 3 aliphatic rings. The van der Waals surface area contributed by atoms with E-state index in [1.807, 2.05) is 0 Å². The van der Waals surface area contributed by atoms with Crippen molar-refractivity contribution in [1.29, 1.82) is 0 Å². The van der Waals surface area contributed by atoms with Crippen molar-refractivity contribution in [3.63, 3.8) is 0 Å². The van der Waals surface area contributed by atoms with Gasteiger partial charge in [-0.15, -0.1) is 0 Å². The third kappa shape index (κ3) is 14.8. The van der Waals surface area contributed by atoms with E-state index in [1.54, 1.807) is 0 Å². The second-order valence-corrected chi connectivity index (χ2v) is 4.89. The average molecular weight is 361 g/mol.